The van der Waals surface area contributed by atoms with E-state index in [1.165, 1.54) is 0 Å². The zero-order chi connectivity index (χ0) is 15.1. The van der Waals surface area contributed by atoms with E-state index in [0.29, 0.717) is 11.4 Å². The van der Waals surface area contributed by atoms with Gasteiger partial charge in [-0.05, 0) is 38.0 Å². The van der Waals surface area contributed by atoms with Crippen molar-refractivity contribution in [1.29, 1.82) is 0 Å². The third kappa shape index (κ3) is 2.24. The van der Waals surface area contributed by atoms with E-state index in [0.717, 1.165) is 22.4 Å². The molecule has 3 rings (SSSR count). The van der Waals surface area contributed by atoms with Crippen LogP contribution in [0.3, 0.4) is 0 Å². The van der Waals surface area contributed by atoms with Crippen LogP contribution in [0, 0.1) is 20.8 Å². The van der Waals surface area contributed by atoms with Gasteiger partial charge in [0.05, 0.1) is 5.92 Å². The molecule has 0 unspecified atom stereocenters. The standard InChI is InChI=1S/C16H17N3O2/c1-8-4-5-11(6-9(8)2)15(21)12-7-13(20)17-16-14(12)10(3)18-19-16/h4-6,12H,7H2,1-3H3,(H2,17,18,19,20)/t12-/m0/s1. The Labute approximate surface area is 122 Å². The molecular weight excluding hydrogens is 266 g/mol. The first-order chi connectivity index (χ1) is 9.97. The van der Waals surface area contributed by atoms with Crippen molar-refractivity contribution in [2.75, 3.05) is 5.32 Å². The molecule has 21 heavy (non-hydrogen) atoms. The number of aromatic nitrogens is 2. The summed E-state index contributed by atoms with van der Waals surface area (Å²) in [5, 5.41) is 9.60. The smallest absolute Gasteiger partial charge is 0.226 e. The Morgan fingerprint density at radius 1 is 1.24 bits per heavy atom. The van der Waals surface area contributed by atoms with E-state index in [2.05, 4.69) is 15.5 Å². The number of Topliss-reactive ketones (excluding diaryl/α,β-unsaturated/α-hetero) is 1. The van der Waals surface area contributed by atoms with E-state index in [9.17, 15) is 9.59 Å². The summed E-state index contributed by atoms with van der Waals surface area (Å²) in [5.74, 6) is -0.185. The Kier molecular flexibility index (Phi) is 3.12. The number of benzene rings is 1. The molecule has 0 aliphatic carbocycles. The van der Waals surface area contributed by atoms with Gasteiger partial charge in [-0.15, -0.1) is 0 Å². The van der Waals surface area contributed by atoms with E-state index in [-0.39, 0.29) is 18.1 Å². The fourth-order valence-corrected chi connectivity index (χ4v) is 2.75. The van der Waals surface area contributed by atoms with Gasteiger partial charge in [0.15, 0.2) is 11.6 Å². The minimum Gasteiger partial charge on any atom is -0.309 e. The number of hydrogen-bond acceptors (Lipinski definition) is 3. The summed E-state index contributed by atoms with van der Waals surface area (Å²) in [6, 6.07) is 5.65. The monoisotopic (exact) mass is 283 g/mol. The van der Waals surface area contributed by atoms with E-state index < -0.39 is 5.92 Å². The molecule has 1 atom stereocenters. The molecule has 2 heterocycles. The zero-order valence-corrected chi connectivity index (χ0v) is 12.3. The fraction of sp³-hybridized carbons (Fsp3) is 0.312. The number of fused-ring (bicyclic) bond motifs is 1. The maximum absolute atomic E-state index is 12.8. The molecule has 108 valence electrons. The molecule has 1 aromatic carbocycles. The summed E-state index contributed by atoms with van der Waals surface area (Å²) >= 11 is 0. The van der Waals surface area contributed by atoms with Crippen LogP contribution in [0.4, 0.5) is 5.82 Å². The minimum absolute atomic E-state index is 0.0290. The van der Waals surface area contributed by atoms with Gasteiger partial charge in [0.25, 0.3) is 0 Å². The molecule has 0 saturated heterocycles. The van der Waals surface area contributed by atoms with Crippen LogP contribution in [-0.2, 0) is 4.79 Å². The number of ketones is 1. The summed E-state index contributed by atoms with van der Waals surface area (Å²) in [4.78, 5) is 24.6. The molecule has 5 heteroatoms. The van der Waals surface area contributed by atoms with Gasteiger partial charge in [-0.3, -0.25) is 14.7 Å². The number of amides is 1. The molecule has 0 spiro atoms. The van der Waals surface area contributed by atoms with Crippen molar-refractivity contribution in [3.63, 3.8) is 0 Å². The lowest BCUT2D eigenvalue weighted by atomic mass is 9.85. The Balaban J connectivity index is 2.03. The number of carbonyl (C=O) groups excluding carboxylic acids is 2. The molecule has 2 aromatic rings. The van der Waals surface area contributed by atoms with Crippen LogP contribution >= 0.6 is 0 Å². The summed E-state index contributed by atoms with van der Waals surface area (Å²) in [6.07, 6.45) is 0.166. The lowest BCUT2D eigenvalue weighted by molar-refractivity contribution is -0.116. The summed E-state index contributed by atoms with van der Waals surface area (Å²) in [6.45, 7) is 5.86. The van der Waals surface area contributed by atoms with Crippen molar-refractivity contribution in [2.45, 2.75) is 33.1 Å². The van der Waals surface area contributed by atoms with Crippen molar-refractivity contribution >= 4 is 17.5 Å². The number of nitrogens with zero attached hydrogens (tertiary/aromatic N) is 1. The van der Waals surface area contributed by atoms with Gasteiger partial charge in [-0.25, -0.2) is 0 Å². The van der Waals surface area contributed by atoms with Gasteiger partial charge in [0.1, 0.15) is 0 Å². The quantitative estimate of drug-likeness (QED) is 0.832. The predicted molar refractivity (Wildman–Crippen MR) is 79.6 cm³/mol. The van der Waals surface area contributed by atoms with Crippen LogP contribution in [0.15, 0.2) is 18.2 Å². The van der Waals surface area contributed by atoms with E-state index in [1.807, 2.05) is 39.0 Å². The maximum atomic E-state index is 12.8. The summed E-state index contributed by atoms with van der Waals surface area (Å²) in [7, 11) is 0. The molecular formula is C16H17N3O2. The number of H-pyrrole nitrogens is 1. The Bertz CT molecular complexity index is 746. The second-order valence-electron chi connectivity index (χ2n) is 5.58. The molecule has 2 N–H and O–H groups in total. The van der Waals surface area contributed by atoms with Crippen LogP contribution in [0.5, 0.6) is 0 Å². The average Bonchev–Trinajstić information content (AvgIpc) is 2.81. The van der Waals surface area contributed by atoms with Gasteiger partial charge < -0.3 is 5.32 Å². The van der Waals surface area contributed by atoms with Crippen molar-refractivity contribution in [3.8, 4) is 0 Å². The lowest BCUT2D eigenvalue weighted by Crippen LogP contribution is -2.27. The van der Waals surface area contributed by atoms with Crippen molar-refractivity contribution < 1.29 is 9.59 Å². The van der Waals surface area contributed by atoms with Crippen LogP contribution in [0.25, 0.3) is 0 Å². The molecule has 1 aliphatic rings. The summed E-state index contributed by atoms with van der Waals surface area (Å²) < 4.78 is 0. The predicted octanol–water partition coefficient (Wildman–Crippen LogP) is 2.64. The van der Waals surface area contributed by atoms with Gasteiger partial charge in [-0.1, -0.05) is 12.1 Å². The number of carbonyl (C=O) groups is 2. The first kappa shape index (κ1) is 13.5. The molecule has 0 radical (unpaired) electrons. The second kappa shape index (κ2) is 4.84. The first-order valence-electron chi connectivity index (χ1n) is 6.93. The van der Waals surface area contributed by atoms with Gasteiger partial charge in [-0.2, -0.15) is 5.10 Å². The van der Waals surface area contributed by atoms with Crippen LogP contribution in [-0.4, -0.2) is 21.9 Å². The Morgan fingerprint density at radius 2 is 2.00 bits per heavy atom. The Morgan fingerprint density at radius 3 is 2.71 bits per heavy atom. The number of aryl methyl sites for hydroxylation is 3. The average molecular weight is 283 g/mol. The van der Waals surface area contributed by atoms with E-state index >= 15 is 0 Å². The van der Waals surface area contributed by atoms with Crippen LogP contribution < -0.4 is 5.32 Å². The highest BCUT2D eigenvalue weighted by atomic mass is 16.2. The van der Waals surface area contributed by atoms with E-state index in [1.54, 1.807) is 0 Å². The van der Waals surface area contributed by atoms with Crippen molar-refractivity contribution in [2.24, 2.45) is 0 Å². The third-order valence-corrected chi connectivity index (χ3v) is 4.10. The zero-order valence-electron chi connectivity index (χ0n) is 12.3. The maximum Gasteiger partial charge on any atom is 0.226 e. The number of hydrogen-bond donors (Lipinski definition) is 2. The molecule has 0 saturated carbocycles. The Hall–Kier alpha value is -2.43. The SMILES string of the molecule is Cc1ccc(C(=O)[C@H]2CC(=O)Nc3n[nH]c(C)c32)cc1C. The molecule has 5 nitrogen and oxygen atoms in total. The number of aromatic amines is 1. The van der Waals surface area contributed by atoms with Crippen LogP contribution in [0.2, 0.25) is 0 Å². The third-order valence-electron chi connectivity index (χ3n) is 4.10. The van der Waals surface area contributed by atoms with Crippen molar-refractivity contribution in [3.05, 3.63) is 46.1 Å². The first-order valence-corrected chi connectivity index (χ1v) is 6.93. The van der Waals surface area contributed by atoms with Gasteiger partial charge >= 0.3 is 0 Å². The van der Waals surface area contributed by atoms with Gasteiger partial charge in [0, 0.05) is 23.2 Å². The van der Waals surface area contributed by atoms with E-state index in [4.69, 9.17) is 0 Å². The minimum atomic E-state index is -0.463. The molecule has 1 aliphatic heterocycles. The number of rotatable bonds is 2. The fourth-order valence-electron chi connectivity index (χ4n) is 2.75. The molecule has 0 bridgehead atoms. The molecule has 1 aromatic heterocycles. The van der Waals surface area contributed by atoms with Gasteiger partial charge in [0.2, 0.25) is 5.91 Å². The van der Waals surface area contributed by atoms with Crippen LogP contribution in [0.1, 0.15) is 45.1 Å². The highest BCUT2D eigenvalue weighted by molar-refractivity contribution is 6.07. The summed E-state index contributed by atoms with van der Waals surface area (Å²) in [5.41, 5.74) is 4.49. The normalized spacial score (nSPS) is 17.3. The topological polar surface area (TPSA) is 74.8 Å². The number of nitrogens with one attached hydrogen (secondary N) is 2. The molecule has 0 fully saturated rings. The largest absolute Gasteiger partial charge is 0.309 e. The van der Waals surface area contributed by atoms with Crippen molar-refractivity contribution in [1.82, 2.24) is 10.2 Å². The highest BCUT2D eigenvalue weighted by Crippen LogP contribution is 2.35. The molecule has 1 amide bonds. The highest BCUT2D eigenvalue weighted by Gasteiger charge is 2.34. The lowest BCUT2D eigenvalue weighted by Gasteiger charge is -2.21. The number of anilines is 1. The second-order valence-corrected chi connectivity index (χ2v) is 5.58.